The summed E-state index contributed by atoms with van der Waals surface area (Å²) in [7, 11) is 0. The molecule has 2 N–H and O–H groups in total. The number of nitrogens with one attached hydrogen (secondary N) is 2. The summed E-state index contributed by atoms with van der Waals surface area (Å²) in [6.45, 7) is 0.433. The summed E-state index contributed by atoms with van der Waals surface area (Å²) in [5, 5.41) is 11.5. The zero-order valence-corrected chi connectivity index (χ0v) is 20.1. The van der Waals surface area contributed by atoms with E-state index in [1.54, 1.807) is 0 Å². The summed E-state index contributed by atoms with van der Waals surface area (Å²) in [4.78, 5) is 14.3. The van der Waals surface area contributed by atoms with E-state index in [2.05, 4.69) is 20.5 Å². The molecule has 0 atom stereocenters. The van der Waals surface area contributed by atoms with E-state index in [0.717, 1.165) is 28.8 Å². The fraction of sp³-hybridized carbons (Fsp3) is 0.739. The first-order chi connectivity index (χ1) is 16.2. The second kappa shape index (κ2) is 10.9. The van der Waals surface area contributed by atoms with Crippen LogP contribution in [0.15, 0.2) is 6.07 Å². The van der Waals surface area contributed by atoms with Gasteiger partial charge in [-0.05, 0) is 38.7 Å². The van der Waals surface area contributed by atoms with E-state index >= 15 is 0 Å². The van der Waals surface area contributed by atoms with E-state index in [1.165, 1.54) is 30.6 Å². The van der Waals surface area contributed by atoms with Gasteiger partial charge < -0.3 is 15.4 Å². The van der Waals surface area contributed by atoms with Gasteiger partial charge in [0.1, 0.15) is 4.83 Å². The van der Waals surface area contributed by atoms with Crippen LogP contribution < -0.4 is 10.6 Å². The fourth-order valence-corrected chi connectivity index (χ4v) is 5.84. The SMILES string of the molecule is Cc1nn(C2CCC(F)(F)CC2)c2sc(C(=O)NC3CCCCC3)cc12.FC(F)OC1CNC1. The topological polar surface area (TPSA) is 68.2 Å². The molecule has 34 heavy (non-hydrogen) atoms. The number of hydrogen-bond donors (Lipinski definition) is 2. The van der Waals surface area contributed by atoms with Gasteiger partial charge in [-0.15, -0.1) is 11.3 Å². The van der Waals surface area contributed by atoms with Gasteiger partial charge in [0.15, 0.2) is 0 Å². The molecule has 2 aliphatic carbocycles. The zero-order chi connectivity index (χ0) is 24.3. The highest BCUT2D eigenvalue weighted by Crippen LogP contribution is 2.41. The van der Waals surface area contributed by atoms with Crippen LogP contribution in [0.25, 0.3) is 10.2 Å². The van der Waals surface area contributed by atoms with Crippen LogP contribution in [0, 0.1) is 6.92 Å². The third-order valence-electron chi connectivity index (χ3n) is 6.80. The largest absolute Gasteiger partial charge is 0.349 e. The Labute approximate surface area is 200 Å². The number of thiophene rings is 1. The minimum atomic E-state index is -2.61. The Hall–Kier alpha value is -1.72. The summed E-state index contributed by atoms with van der Waals surface area (Å²) < 4.78 is 55.4. The number of nitrogens with zero attached hydrogens (tertiary/aromatic N) is 2. The molecule has 2 aromatic heterocycles. The first-order valence-corrected chi connectivity index (χ1v) is 12.8. The van der Waals surface area contributed by atoms with Gasteiger partial charge in [0.25, 0.3) is 5.91 Å². The monoisotopic (exact) mass is 504 g/mol. The molecule has 0 unspecified atom stereocenters. The van der Waals surface area contributed by atoms with Gasteiger partial charge in [0.2, 0.25) is 5.92 Å². The van der Waals surface area contributed by atoms with Crippen molar-refractivity contribution in [3.63, 3.8) is 0 Å². The predicted molar refractivity (Wildman–Crippen MR) is 123 cm³/mol. The molecule has 3 aliphatic rings. The van der Waals surface area contributed by atoms with Crippen molar-refractivity contribution in [3.8, 4) is 0 Å². The molecular formula is C23H32F4N4O2S. The molecule has 0 radical (unpaired) electrons. The molecule has 190 valence electrons. The van der Waals surface area contributed by atoms with Crippen LogP contribution in [0.3, 0.4) is 0 Å². The Morgan fingerprint density at radius 1 is 1.21 bits per heavy atom. The number of halogens is 4. The summed E-state index contributed by atoms with van der Waals surface area (Å²) in [5.74, 6) is -2.56. The predicted octanol–water partition coefficient (Wildman–Crippen LogP) is 5.42. The average molecular weight is 505 g/mol. The number of ether oxygens (including phenoxy) is 1. The van der Waals surface area contributed by atoms with E-state index < -0.39 is 12.5 Å². The third kappa shape index (κ3) is 6.28. The maximum Gasteiger partial charge on any atom is 0.345 e. The highest BCUT2D eigenvalue weighted by atomic mass is 32.1. The molecule has 3 heterocycles. The van der Waals surface area contributed by atoms with Crippen LogP contribution in [-0.2, 0) is 4.74 Å². The lowest BCUT2D eigenvalue weighted by molar-refractivity contribution is -0.173. The van der Waals surface area contributed by atoms with Crippen molar-refractivity contribution in [2.45, 2.75) is 95.4 Å². The van der Waals surface area contributed by atoms with Gasteiger partial charge in [0, 0.05) is 37.4 Å². The van der Waals surface area contributed by atoms with Crippen LogP contribution in [0.4, 0.5) is 17.6 Å². The van der Waals surface area contributed by atoms with Crippen LogP contribution >= 0.6 is 11.3 Å². The van der Waals surface area contributed by atoms with E-state index in [0.29, 0.717) is 30.8 Å². The van der Waals surface area contributed by atoms with Crippen LogP contribution in [0.1, 0.15) is 79.2 Å². The van der Waals surface area contributed by atoms with Crippen molar-refractivity contribution in [2.75, 3.05) is 13.1 Å². The number of carbonyl (C=O) groups excluding carboxylic acids is 1. The highest BCUT2D eigenvalue weighted by Gasteiger charge is 2.36. The van der Waals surface area contributed by atoms with Crippen molar-refractivity contribution < 1.29 is 27.1 Å². The molecule has 6 nitrogen and oxygen atoms in total. The molecule has 0 spiro atoms. The number of fused-ring (bicyclic) bond motifs is 1. The summed E-state index contributed by atoms with van der Waals surface area (Å²) in [5.41, 5.74) is 0.866. The molecule has 11 heteroatoms. The van der Waals surface area contributed by atoms with Crippen LogP contribution in [0.2, 0.25) is 0 Å². The van der Waals surface area contributed by atoms with E-state index in [-0.39, 0.29) is 36.9 Å². The molecule has 1 amide bonds. The summed E-state index contributed by atoms with van der Waals surface area (Å²) >= 11 is 1.44. The lowest BCUT2D eigenvalue weighted by Gasteiger charge is -2.28. The molecule has 2 aromatic rings. The minimum Gasteiger partial charge on any atom is -0.349 e. The quantitative estimate of drug-likeness (QED) is 0.534. The lowest BCUT2D eigenvalue weighted by Crippen LogP contribution is -2.49. The van der Waals surface area contributed by atoms with Crippen molar-refractivity contribution in [2.24, 2.45) is 0 Å². The molecule has 1 aliphatic heterocycles. The van der Waals surface area contributed by atoms with Crippen molar-refractivity contribution in [3.05, 3.63) is 16.6 Å². The Balaban J connectivity index is 0.000000291. The highest BCUT2D eigenvalue weighted by molar-refractivity contribution is 7.20. The van der Waals surface area contributed by atoms with Gasteiger partial charge in [0.05, 0.1) is 22.7 Å². The Morgan fingerprint density at radius 3 is 2.44 bits per heavy atom. The third-order valence-corrected chi connectivity index (χ3v) is 7.93. The van der Waals surface area contributed by atoms with Gasteiger partial charge in [-0.2, -0.15) is 13.9 Å². The molecule has 5 rings (SSSR count). The first kappa shape index (κ1) is 25.4. The number of rotatable bonds is 5. The number of aromatic nitrogens is 2. The number of carbonyl (C=O) groups is 1. The average Bonchev–Trinajstić information content (AvgIpc) is 3.33. The minimum absolute atomic E-state index is 0.00118. The summed E-state index contributed by atoms with van der Waals surface area (Å²) in [6.07, 6.45) is 6.17. The molecule has 2 saturated carbocycles. The van der Waals surface area contributed by atoms with Crippen molar-refractivity contribution >= 4 is 27.5 Å². The van der Waals surface area contributed by atoms with E-state index in [1.807, 2.05) is 17.7 Å². The Kier molecular flexibility index (Phi) is 8.14. The molecule has 0 aromatic carbocycles. The zero-order valence-electron chi connectivity index (χ0n) is 19.3. The number of alkyl halides is 4. The van der Waals surface area contributed by atoms with E-state index in [4.69, 9.17) is 0 Å². The van der Waals surface area contributed by atoms with E-state index in [9.17, 15) is 22.4 Å². The molecule has 0 bridgehead atoms. The lowest BCUT2D eigenvalue weighted by atomic mass is 9.92. The smallest absolute Gasteiger partial charge is 0.345 e. The molecule has 3 fully saturated rings. The van der Waals surface area contributed by atoms with Crippen molar-refractivity contribution in [1.29, 1.82) is 0 Å². The van der Waals surface area contributed by atoms with Crippen molar-refractivity contribution in [1.82, 2.24) is 20.4 Å². The second-order valence-electron chi connectivity index (χ2n) is 9.43. The van der Waals surface area contributed by atoms with Crippen LogP contribution in [-0.4, -0.2) is 53.5 Å². The second-order valence-corrected chi connectivity index (χ2v) is 10.5. The maximum atomic E-state index is 13.5. The van der Waals surface area contributed by atoms with Gasteiger partial charge in [-0.3, -0.25) is 9.48 Å². The Morgan fingerprint density at radius 2 is 1.88 bits per heavy atom. The first-order valence-electron chi connectivity index (χ1n) is 12.0. The number of aryl methyl sites for hydroxylation is 1. The van der Waals surface area contributed by atoms with Crippen LogP contribution in [0.5, 0.6) is 0 Å². The number of hydrogen-bond acceptors (Lipinski definition) is 5. The van der Waals surface area contributed by atoms with Gasteiger partial charge in [-0.25, -0.2) is 8.78 Å². The molecular weight excluding hydrogens is 472 g/mol. The van der Waals surface area contributed by atoms with Gasteiger partial charge in [-0.1, -0.05) is 19.3 Å². The summed E-state index contributed by atoms with van der Waals surface area (Å²) in [6, 6.07) is 2.19. The maximum absolute atomic E-state index is 13.5. The molecule has 1 saturated heterocycles. The van der Waals surface area contributed by atoms with Gasteiger partial charge >= 0.3 is 6.61 Å². The standard InChI is InChI=1S/C19H25F2N3OS.C4H7F2NO/c1-12-15-11-16(17(25)22-13-5-3-2-4-6-13)26-18(15)24(23-12)14-7-9-19(20,21)10-8-14;5-4(6)8-3-1-7-2-3/h11,13-14H,2-10H2,1H3,(H,22,25);3-4,7H,1-2H2. The number of amides is 1. The Bertz CT molecular complexity index is 960. The normalized spacial score (nSPS) is 21.8. The fourth-order valence-electron chi connectivity index (χ4n) is 4.71.